The average Bonchev–Trinajstić information content (AvgIpc) is 0.816. The summed E-state index contributed by atoms with van der Waals surface area (Å²) in [5, 5.41) is 4.82. The Hall–Kier alpha value is -11.3. The Morgan fingerprint density at radius 3 is 1.16 bits per heavy atom. The van der Waals surface area contributed by atoms with Gasteiger partial charge in [0.05, 0.1) is 89.5 Å². The van der Waals surface area contributed by atoms with Crippen molar-refractivity contribution >= 4 is 140 Å². The van der Waals surface area contributed by atoms with E-state index in [2.05, 4.69) is 331 Å². The summed E-state index contributed by atoms with van der Waals surface area (Å²) in [7, 11) is -1.28. The quantitative estimate of drug-likeness (QED) is 0.167. The van der Waals surface area contributed by atoms with E-state index in [0.717, 1.165) is 119 Å². The molecule has 19 rings (SSSR count). The van der Waals surface area contributed by atoms with Gasteiger partial charge >= 0.3 is 0 Å². The maximum atomic E-state index is 6.09. The third-order valence-electron chi connectivity index (χ3n) is 17.8. The molecule has 0 radical (unpaired) electrons. The standard InChI is InChI=1S/C77H50N8S/c1-5-25-50(26-6-1)79-63-41-21-22-42-64(63)85-67-48-73-68(47-66(67)81(52-29-9-3-10-30-52)70-46-54(45-69(79)75(70)85)82-59-37-17-13-33-55(59)56-34-14-18-38-60(56)82)83(53-31-11-4-12-32-53)77-76-71(80(51-27-7-2-8-28-51)65-43-23-24-44-72(65)86(73)76)49-74(78-77)84-61-39-19-15-35-57(61)58-36-16-20-40-62(58)84/h1-49,86H. The van der Waals surface area contributed by atoms with Crippen molar-refractivity contribution in [3.63, 3.8) is 0 Å². The van der Waals surface area contributed by atoms with Crippen LogP contribution in [0.2, 0.25) is 0 Å². The minimum absolute atomic E-state index is 0.853. The van der Waals surface area contributed by atoms with E-state index in [1.54, 1.807) is 0 Å². The van der Waals surface area contributed by atoms with Gasteiger partial charge in [-0.3, -0.25) is 9.47 Å². The van der Waals surface area contributed by atoms with Crippen LogP contribution in [0.25, 0.3) is 55.1 Å². The number of anilines is 15. The number of aromatic nitrogens is 3. The highest BCUT2D eigenvalue weighted by atomic mass is 32.2. The number of fused-ring (bicyclic) bond motifs is 14. The maximum absolute atomic E-state index is 6.09. The normalized spacial score (nSPS) is 14.7. The summed E-state index contributed by atoms with van der Waals surface area (Å²) in [5.41, 5.74) is 20.9. The molecule has 12 aromatic carbocycles. The summed E-state index contributed by atoms with van der Waals surface area (Å²) in [4.78, 5) is 22.4. The van der Waals surface area contributed by atoms with Crippen molar-refractivity contribution in [1.82, 2.24) is 14.1 Å². The summed E-state index contributed by atoms with van der Waals surface area (Å²) < 4.78 is 4.85. The van der Waals surface area contributed by atoms with E-state index in [4.69, 9.17) is 4.98 Å². The largest absolute Gasteiger partial charge is 0.309 e. The monoisotopic (exact) mass is 1120 g/mol. The molecule has 0 saturated carbocycles. The van der Waals surface area contributed by atoms with Crippen LogP contribution >= 0.6 is 10.9 Å². The van der Waals surface area contributed by atoms with E-state index in [1.165, 1.54) is 36.2 Å². The lowest BCUT2D eigenvalue weighted by atomic mass is 9.97. The van der Waals surface area contributed by atoms with Crippen LogP contribution in [-0.4, -0.2) is 14.1 Å². The smallest absolute Gasteiger partial charge is 0.154 e. The highest BCUT2D eigenvalue weighted by molar-refractivity contribution is 8.17. The third kappa shape index (κ3) is 6.57. The molecule has 4 aliphatic rings. The van der Waals surface area contributed by atoms with Gasteiger partial charge in [-0.05, 0) is 121 Å². The molecule has 1 atom stereocenters. The van der Waals surface area contributed by atoms with Gasteiger partial charge in [0.1, 0.15) is 5.82 Å². The fourth-order valence-corrected chi connectivity index (χ4v) is 17.2. The molecule has 0 amide bonds. The number of pyridine rings is 1. The average molecular weight is 1120 g/mol. The first kappa shape index (κ1) is 47.3. The molecule has 15 aromatic rings. The second kappa shape index (κ2) is 18.1. The molecule has 1 unspecified atom stereocenters. The highest BCUT2D eigenvalue weighted by Gasteiger charge is 2.45. The van der Waals surface area contributed by atoms with Crippen LogP contribution in [0.5, 0.6) is 0 Å². The van der Waals surface area contributed by atoms with Gasteiger partial charge in [0, 0.05) is 60.2 Å². The summed E-state index contributed by atoms with van der Waals surface area (Å²) in [6, 6.07) is 109. The van der Waals surface area contributed by atoms with E-state index < -0.39 is 10.9 Å². The van der Waals surface area contributed by atoms with Crippen LogP contribution in [0.4, 0.5) is 85.4 Å². The van der Waals surface area contributed by atoms with Crippen LogP contribution in [0.3, 0.4) is 0 Å². The molecular formula is C77H50N8S. The summed E-state index contributed by atoms with van der Waals surface area (Å²) in [6.07, 6.45) is 0. The fourth-order valence-electron chi connectivity index (χ4n) is 14.4. The molecular weight excluding hydrogens is 1070 g/mol. The van der Waals surface area contributed by atoms with Crippen LogP contribution < -0.4 is 24.5 Å². The summed E-state index contributed by atoms with van der Waals surface area (Å²) in [6.45, 7) is 0. The number of rotatable bonds is 6. The van der Waals surface area contributed by atoms with E-state index in [0.29, 0.717) is 0 Å². The highest BCUT2D eigenvalue weighted by Crippen LogP contribution is 2.73. The van der Waals surface area contributed by atoms with Crippen molar-refractivity contribution in [2.24, 2.45) is 0 Å². The lowest BCUT2D eigenvalue weighted by Gasteiger charge is -2.49. The zero-order valence-corrected chi connectivity index (χ0v) is 47.2. The molecule has 9 heteroatoms. The van der Waals surface area contributed by atoms with Crippen LogP contribution in [0.1, 0.15) is 0 Å². The predicted octanol–water partition coefficient (Wildman–Crippen LogP) is 21.4. The molecule has 0 fully saturated rings. The Bertz CT molecular complexity index is 4860. The van der Waals surface area contributed by atoms with Crippen molar-refractivity contribution in [3.05, 3.63) is 297 Å². The zero-order valence-electron chi connectivity index (χ0n) is 46.3. The Morgan fingerprint density at radius 1 is 0.244 bits per heavy atom. The predicted molar refractivity (Wildman–Crippen MR) is 357 cm³/mol. The maximum Gasteiger partial charge on any atom is 0.154 e. The zero-order chi connectivity index (χ0) is 56.1. The Kier molecular flexibility index (Phi) is 9.96. The minimum atomic E-state index is -1.28. The van der Waals surface area contributed by atoms with Gasteiger partial charge in [0.2, 0.25) is 0 Å². The molecule has 4 aliphatic heterocycles. The first-order valence-corrected chi connectivity index (χ1v) is 30.6. The van der Waals surface area contributed by atoms with E-state index in [1.807, 2.05) is 0 Å². The molecule has 8 nitrogen and oxygen atoms in total. The molecule has 86 heavy (non-hydrogen) atoms. The molecule has 0 N–H and O–H groups in total. The molecule has 0 bridgehead atoms. The van der Waals surface area contributed by atoms with Crippen molar-refractivity contribution < 1.29 is 0 Å². The lowest BCUT2D eigenvalue weighted by molar-refractivity contribution is 0.991. The van der Waals surface area contributed by atoms with Crippen LogP contribution in [0.15, 0.2) is 312 Å². The molecule has 0 spiro atoms. The SMILES string of the molecule is c1ccc(N2c3ccccc3N3c4cc5c(cc4N(c4ccccc4)c4cc(-n6c7ccccc7c7ccccc76)cc2c43)N(c2ccccc2)c2nc(-n3c4ccccc4c4ccccc43)cc3c2[SH]5c2ccccc2N3c2ccccc2)cc1. The molecule has 0 saturated heterocycles. The van der Waals surface area contributed by atoms with Gasteiger partial charge in [-0.25, -0.2) is 4.98 Å². The lowest BCUT2D eigenvalue weighted by Crippen LogP contribution is -2.31. The molecule has 0 aliphatic carbocycles. The number of benzene rings is 12. The Labute approximate surface area is 499 Å². The molecule has 404 valence electrons. The molecule has 7 heterocycles. The fraction of sp³-hybridized carbons (Fsp3) is 0. The first-order chi connectivity index (χ1) is 42.7. The van der Waals surface area contributed by atoms with Gasteiger partial charge in [-0.15, -0.1) is 0 Å². The van der Waals surface area contributed by atoms with Crippen molar-refractivity contribution in [1.29, 1.82) is 0 Å². The van der Waals surface area contributed by atoms with Crippen molar-refractivity contribution in [2.45, 2.75) is 14.7 Å². The topological polar surface area (TPSA) is 39.0 Å². The van der Waals surface area contributed by atoms with Gasteiger partial charge < -0.3 is 24.2 Å². The number of hydrogen-bond donors (Lipinski definition) is 1. The minimum Gasteiger partial charge on any atom is -0.309 e. The van der Waals surface area contributed by atoms with E-state index in [-0.39, 0.29) is 0 Å². The van der Waals surface area contributed by atoms with Crippen molar-refractivity contribution in [3.8, 4) is 11.5 Å². The van der Waals surface area contributed by atoms with Gasteiger partial charge in [0.25, 0.3) is 0 Å². The second-order valence-corrected chi connectivity index (χ2v) is 24.5. The van der Waals surface area contributed by atoms with E-state index >= 15 is 0 Å². The number of nitrogens with zero attached hydrogens (tertiary/aromatic N) is 8. The van der Waals surface area contributed by atoms with Gasteiger partial charge in [0.15, 0.2) is 5.82 Å². The van der Waals surface area contributed by atoms with Crippen LogP contribution in [-0.2, 0) is 0 Å². The second-order valence-electron chi connectivity index (χ2n) is 22.4. The Morgan fingerprint density at radius 2 is 0.640 bits per heavy atom. The number of hydrogen-bond acceptors (Lipinski definition) is 6. The third-order valence-corrected chi connectivity index (χ3v) is 20.4. The first-order valence-electron chi connectivity index (χ1n) is 29.3. The van der Waals surface area contributed by atoms with E-state index in [9.17, 15) is 0 Å². The Balaban J connectivity index is 0.950. The molecule has 3 aromatic heterocycles. The number of para-hydroxylation sites is 11. The summed E-state index contributed by atoms with van der Waals surface area (Å²) >= 11 is 0. The summed E-state index contributed by atoms with van der Waals surface area (Å²) in [5.74, 6) is 1.77. The number of thiol groups is 1. The van der Waals surface area contributed by atoms with Crippen LogP contribution in [0, 0.1) is 0 Å². The van der Waals surface area contributed by atoms with Gasteiger partial charge in [-0.1, -0.05) is 170 Å². The van der Waals surface area contributed by atoms with Crippen molar-refractivity contribution in [2.75, 3.05) is 24.5 Å². The van der Waals surface area contributed by atoms with Gasteiger partial charge in [-0.2, -0.15) is 10.9 Å².